The monoisotopic (exact) mass is 652 g/mol. The molecule has 0 bridgehead atoms. The number of anilines is 1. The van der Waals surface area contributed by atoms with Crippen molar-refractivity contribution in [2.75, 3.05) is 11.5 Å². The van der Waals surface area contributed by atoms with Gasteiger partial charge in [0.1, 0.15) is 12.3 Å². The van der Waals surface area contributed by atoms with Crippen molar-refractivity contribution in [1.29, 1.82) is 0 Å². The van der Waals surface area contributed by atoms with Crippen molar-refractivity contribution < 1.29 is 19.1 Å². The number of benzene rings is 3. The molecule has 34 heavy (non-hydrogen) atoms. The van der Waals surface area contributed by atoms with E-state index in [9.17, 15) is 9.59 Å². The van der Waals surface area contributed by atoms with Gasteiger partial charge in [-0.25, -0.2) is 9.69 Å². The fourth-order valence-corrected chi connectivity index (χ4v) is 4.51. The van der Waals surface area contributed by atoms with Gasteiger partial charge in [0.15, 0.2) is 11.5 Å². The van der Waals surface area contributed by atoms with Gasteiger partial charge < -0.3 is 14.8 Å². The van der Waals surface area contributed by atoms with Gasteiger partial charge in [-0.1, -0.05) is 39.7 Å². The molecule has 174 valence electrons. The molecular formula is C25H19BrClIN2O4. The smallest absolute Gasteiger partial charge is 0.333 e. The first-order valence-electron chi connectivity index (χ1n) is 10.3. The molecule has 9 heteroatoms. The quantitative estimate of drug-likeness (QED) is 0.174. The summed E-state index contributed by atoms with van der Waals surface area (Å²) in [5.74, 6) is 0.734. The fraction of sp³-hybridized carbons (Fsp3) is 0.120. The van der Waals surface area contributed by atoms with Crippen molar-refractivity contribution >= 4 is 73.8 Å². The Morgan fingerprint density at radius 3 is 2.44 bits per heavy atom. The van der Waals surface area contributed by atoms with E-state index in [1.165, 1.54) is 0 Å². The van der Waals surface area contributed by atoms with Crippen LogP contribution >= 0.6 is 50.1 Å². The molecule has 0 unspecified atom stereocenters. The fourth-order valence-electron chi connectivity index (χ4n) is 3.34. The summed E-state index contributed by atoms with van der Waals surface area (Å²) < 4.78 is 13.7. The Balaban J connectivity index is 1.59. The van der Waals surface area contributed by atoms with Crippen LogP contribution in [0, 0.1) is 3.57 Å². The SMILES string of the molecule is CCOc1cc(/C=C2/NC(=O)N(c3ccc(Cl)cc3)C2=O)cc(I)c1OCc1ccc(Br)cc1. The Bertz CT molecular complexity index is 1260. The number of amides is 3. The van der Waals surface area contributed by atoms with E-state index in [2.05, 4.69) is 43.8 Å². The molecule has 4 rings (SSSR count). The van der Waals surface area contributed by atoms with Crippen molar-refractivity contribution in [3.8, 4) is 11.5 Å². The molecule has 1 N–H and O–H groups in total. The summed E-state index contributed by atoms with van der Waals surface area (Å²) in [6.07, 6.45) is 1.62. The highest BCUT2D eigenvalue weighted by Gasteiger charge is 2.34. The molecule has 1 heterocycles. The maximum absolute atomic E-state index is 12.9. The second-order valence-electron chi connectivity index (χ2n) is 7.28. The number of carbonyl (C=O) groups is 2. The standard InChI is InChI=1S/C25H19BrClIN2O4/c1-2-33-22-13-16(11-20(28)23(22)34-14-15-3-5-17(26)6-4-15)12-21-24(31)30(25(32)29-21)19-9-7-18(27)8-10-19/h3-13H,2,14H2,1H3,(H,29,32)/b21-12+. The van der Waals surface area contributed by atoms with Gasteiger partial charge in [0.2, 0.25) is 0 Å². The van der Waals surface area contributed by atoms with Crippen LogP contribution in [0.1, 0.15) is 18.1 Å². The molecule has 1 aliphatic rings. The second-order valence-corrected chi connectivity index (χ2v) is 9.80. The van der Waals surface area contributed by atoms with Gasteiger partial charge in [-0.2, -0.15) is 0 Å². The van der Waals surface area contributed by atoms with Crippen LogP contribution in [0.15, 0.2) is 70.8 Å². The predicted octanol–water partition coefficient (Wildman–Crippen LogP) is 6.78. The summed E-state index contributed by atoms with van der Waals surface area (Å²) in [6, 6.07) is 17.5. The number of urea groups is 1. The number of nitrogens with zero attached hydrogens (tertiary/aromatic N) is 1. The van der Waals surface area contributed by atoms with Gasteiger partial charge in [0.05, 0.1) is 15.9 Å². The van der Waals surface area contributed by atoms with E-state index in [4.69, 9.17) is 21.1 Å². The number of rotatable bonds is 7. The zero-order chi connectivity index (χ0) is 24.2. The van der Waals surface area contributed by atoms with Crippen molar-refractivity contribution in [3.05, 3.63) is 90.6 Å². The maximum atomic E-state index is 12.9. The molecule has 0 spiro atoms. The third-order valence-corrected chi connectivity index (χ3v) is 6.48. The predicted molar refractivity (Wildman–Crippen MR) is 144 cm³/mol. The molecule has 1 fully saturated rings. The number of imide groups is 1. The number of halogens is 3. The Morgan fingerprint density at radius 1 is 1.06 bits per heavy atom. The van der Waals surface area contributed by atoms with Crippen molar-refractivity contribution in [2.45, 2.75) is 13.5 Å². The minimum atomic E-state index is -0.521. The lowest BCUT2D eigenvalue weighted by atomic mass is 10.1. The molecule has 3 aromatic carbocycles. The lowest BCUT2D eigenvalue weighted by Crippen LogP contribution is -2.30. The first-order valence-corrected chi connectivity index (χ1v) is 12.6. The minimum Gasteiger partial charge on any atom is -0.490 e. The third-order valence-electron chi connectivity index (χ3n) is 4.90. The first-order chi connectivity index (χ1) is 16.4. The van der Waals surface area contributed by atoms with Gasteiger partial charge in [-0.3, -0.25) is 4.79 Å². The number of hydrogen-bond donors (Lipinski definition) is 1. The lowest BCUT2D eigenvalue weighted by Gasteiger charge is -2.15. The van der Waals surface area contributed by atoms with Crippen molar-refractivity contribution in [3.63, 3.8) is 0 Å². The van der Waals surface area contributed by atoms with Gasteiger partial charge in [-0.05, 0) is 95.2 Å². The number of nitrogens with one attached hydrogen (secondary N) is 1. The number of hydrogen-bond acceptors (Lipinski definition) is 4. The van der Waals surface area contributed by atoms with E-state index in [0.29, 0.717) is 41.0 Å². The van der Waals surface area contributed by atoms with Crippen molar-refractivity contribution in [1.82, 2.24) is 5.32 Å². The molecule has 3 amide bonds. The van der Waals surface area contributed by atoms with Gasteiger partial charge in [-0.15, -0.1) is 0 Å². The zero-order valence-corrected chi connectivity index (χ0v) is 22.5. The normalized spacial score (nSPS) is 14.5. The Hall–Kier alpha value is -2.56. The van der Waals surface area contributed by atoms with E-state index >= 15 is 0 Å². The van der Waals surface area contributed by atoms with Crippen LogP contribution in [0.3, 0.4) is 0 Å². The van der Waals surface area contributed by atoms with E-state index in [1.807, 2.05) is 37.3 Å². The van der Waals surface area contributed by atoms with Crippen LogP contribution in [0.5, 0.6) is 11.5 Å². The largest absolute Gasteiger partial charge is 0.490 e. The van der Waals surface area contributed by atoms with E-state index in [-0.39, 0.29) is 5.70 Å². The summed E-state index contributed by atoms with van der Waals surface area (Å²) in [5, 5.41) is 3.16. The topological polar surface area (TPSA) is 67.9 Å². The third kappa shape index (κ3) is 5.56. The Morgan fingerprint density at radius 2 is 1.76 bits per heavy atom. The minimum absolute atomic E-state index is 0.168. The molecular weight excluding hydrogens is 635 g/mol. The molecule has 6 nitrogen and oxygen atoms in total. The highest BCUT2D eigenvalue weighted by molar-refractivity contribution is 14.1. The first kappa shape index (κ1) is 24.6. The van der Waals surface area contributed by atoms with Crippen LogP contribution in [-0.4, -0.2) is 18.5 Å². The van der Waals surface area contributed by atoms with Crippen LogP contribution in [0.2, 0.25) is 5.02 Å². The molecule has 0 aromatic heterocycles. The molecule has 1 saturated heterocycles. The average molecular weight is 654 g/mol. The summed E-state index contributed by atoms with van der Waals surface area (Å²) >= 11 is 11.5. The average Bonchev–Trinajstić information content (AvgIpc) is 3.08. The number of carbonyl (C=O) groups excluding carboxylic acids is 2. The highest BCUT2D eigenvalue weighted by atomic mass is 127. The molecule has 1 aliphatic heterocycles. The van der Waals surface area contributed by atoms with Crippen LogP contribution in [0.25, 0.3) is 6.08 Å². The summed E-state index contributed by atoms with van der Waals surface area (Å²) in [5.41, 5.74) is 2.33. The Labute approximate surface area is 224 Å². The molecule has 0 aliphatic carbocycles. The van der Waals surface area contributed by atoms with Crippen LogP contribution in [-0.2, 0) is 11.4 Å². The van der Waals surface area contributed by atoms with Gasteiger partial charge in [0, 0.05) is 9.50 Å². The molecule has 0 radical (unpaired) electrons. The summed E-state index contributed by atoms with van der Waals surface area (Å²) in [4.78, 5) is 26.5. The number of ether oxygens (including phenoxy) is 2. The lowest BCUT2D eigenvalue weighted by molar-refractivity contribution is -0.113. The highest BCUT2D eigenvalue weighted by Crippen LogP contribution is 2.36. The second kappa shape index (κ2) is 10.8. The van der Waals surface area contributed by atoms with Crippen molar-refractivity contribution in [2.24, 2.45) is 0 Å². The van der Waals surface area contributed by atoms with E-state index in [0.717, 1.165) is 18.5 Å². The van der Waals surface area contributed by atoms with E-state index in [1.54, 1.807) is 36.4 Å². The van der Waals surface area contributed by atoms with Crippen LogP contribution < -0.4 is 19.7 Å². The van der Waals surface area contributed by atoms with E-state index < -0.39 is 11.9 Å². The summed E-state index contributed by atoms with van der Waals surface area (Å²) in [7, 11) is 0. The molecule has 0 saturated carbocycles. The van der Waals surface area contributed by atoms with Crippen LogP contribution in [0.4, 0.5) is 10.5 Å². The van der Waals surface area contributed by atoms with Gasteiger partial charge >= 0.3 is 6.03 Å². The maximum Gasteiger partial charge on any atom is 0.333 e. The molecule has 0 atom stereocenters. The Kier molecular flexibility index (Phi) is 7.80. The zero-order valence-electron chi connectivity index (χ0n) is 18.0. The summed E-state index contributed by atoms with van der Waals surface area (Å²) in [6.45, 7) is 2.72. The van der Waals surface area contributed by atoms with Gasteiger partial charge in [0.25, 0.3) is 5.91 Å². The molecule has 3 aromatic rings.